The maximum absolute atomic E-state index is 13.2. The topological polar surface area (TPSA) is 88.3 Å². The Bertz CT molecular complexity index is 1470. The maximum Gasteiger partial charge on any atom is 0.257 e. The van der Waals surface area contributed by atoms with Gasteiger partial charge in [0.1, 0.15) is 16.8 Å². The first-order chi connectivity index (χ1) is 17.0. The molecule has 0 spiro atoms. The molecule has 1 aliphatic heterocycles. The number of fused-ring (bicyclic) bond motifs is 1. The van der Waals surface area contributed by atoms with Crippen molar-refractivity contribution >= 4 is 22.8 Å². The Morgan fingerprint density at radius 2 is 1.46 bits per heavy atom. The number of phenols is 1. The Morgan fingerprint density at radius 1 is 0.857 bits per heavy atom. The molecule has 7 nitrogen and oxygen atoms in total. The van der Waals surface area contributed by atoms with E-state index >= 15 is 0 Å². The van der Waals surface area contributed by atoms with E-state index in [1.807, 2.05) is 55.5 Å². The summed E-state index contributed by atoms with van der Waals surface area (Å²) in [5, 5.41) is 19.3. The molecule has 4 aromatic rings. The fourth-order valence-corrected chi connectivity index (χ4v) is 5.16. The molecule has 2 heterocycles. The van der Waals surface area contributed by atoms with E-state index in [-0.39, 0.29) is 24.1 Å². The minimum Gasteiger partial charge on any atom is -0.508 e. The van der Waals surface area contributed by atoms with Crippen molar-refractivity contribution in [1.82, 2.24) is 19.9 Å². The first-order valence-electron chi connectivity index (χ1n) is 11.8. The molecule has 0 radical (unpaired) electrons. The highest BCUT2D eigenvalue weighted by Gasteiger charge is 2.39. The number of carbonyl (C=O) groups excluding carboxylic acids is 2. The summed E-state index contributed by atoms with van der Waals surface area (Å²) < 4.78 is 0. The number of phenolic OH excluding ortho intramolecular Hbond substituents is 1. The van der Waals surface area contributed by atoms with Gasteiger partial charge in [0.05, 0.1) is 12.2 Å². The van der Waals surface area contributed by atoms with Crippen LogP contribution in [0.25, 0.3) is 27.8 Å². The Kier molecular flexibility index (Phi) is 4.99. The lowest BCUT2D eigenvalue weighted by Crippen LogP contribution is -2.31. The Morgan fingerprint density at radius 3 is 2.06 bits per heavy atom. The molecular formula is C28H24N4O3. The van der Waals surface area contributed by atoms with Crippen molar-refractivity contribution in [2.24, 2.45) is 0 Å². The third kappa shape index (κ3) is 3.60. The lowest BCUT2D eigenvalue weighted by atomic mass is 9.93. The zero-order valence-corrected chi connectivity index (χ0v) is 19.4. The highest BCUT2D eigenvalue weighted by atomic mass is 16.3. The number of nitrogens with zero attached hydrogens (tertiary/aromatic N) is 4. The van der Waals surface area contributed by atoms with Crippen molar-refractivity contribution in [3.8, 4) is 22.6 Å². The molecule has 7 heteroatoms. The molecule has 2 amide bonds. The van der Waals surface area contributed by atoms with Crippen LogP contribution in [0.2, 0.25) is 0 Å². The number of hydrogen-bond donors (Lipinski definition) is 1. The quantitative estimate of drug-likeness (QED) is 0.437. The summed E-state index contributed by atoms with van der Waals surface area (Å²) in [5.74, 6) is -0.187. The Labute approximate surface area is 202 Å². The Hall–Kier alpha value is -4.26. The van der Waals surface area contributed by atoms with Gasteiger partial charge in [-0.25, -0.2) is 0 Å². The normalized spacial score (nSPS) is 15.9. The zero-order chi connectivity index (χ0) is 24.1. The number of hydrogen-bond acceptors (Lipinski definition) is 5. The van der Waals surface area contributed by atoms with Crippen molar-refractivity contribution < 1.29 is 14.7 Å². The monoisotopic (exact) mass is 464 g/mol. The van der Waals surface area contributed by atoms with Crippen LogP contribution in [0.4, 0.5) is 0 Å². The summed E-state index contributed by atoms with van der Waals surface area (Å²) in [6, 6.07) is 18.6. The second kappa shape index (κ2) is 8.20. The third-order valence-corrected chi connectivity index (χ3v) is 6.80. The van der Waals surface area contributed by atoms with Gasteiger partial charge < -0.3 is 5.11 Å². The molecule has 35 heavy (non-hydrogen) atoms. The number of aryl methyl sites for hydroxylation is 1. The van der Waals surface area contributed by atoms with E-state index in [0.29, 0.717) is 24.0 Å². The second-order valence-corrected chi connectivity index (χ2v) is 9.20. The number of imide groups is 1. The van der Waals surface area contributed by atoms with Crippen LogP contribution in [0, 0.1) is 6.92 Å². The Balaban J connectivity index is 1.51. The molecule has 1 aromatic heterocycles. The van der Waals surface area contributed by atoms with Crippen LogP contribution >= 0.6 is 0 Å². The van der Waals surface area contributed by atoms with Crippen molar-refractivity contribution in [3.05, 3.63) is 82.9 Å². The number of rotatable bonds is 4. The van der Waals surface area contributed by atoms with Crippen molar-refractivity contribution in [2.75, 3.05) is 0 Å². The lowest BCUT2D eigenvalue weighted by Gasteiger charge is -2.21. The molecule has 0 atom stereocenters. The van der Waals surface area contributed by atoms with E-state index in [0.717, 1.165) is 51.8 Å². The van der Waals surface area contributed by atoms with Crippen LogP contribution in [0.3, 0.4) is 0 Å². The van der Waals surface area contributed by atoms with Gasteiger partial charge in [0, 0.05) is 16.7 Å². The van der Waals surface area contributed by atoms with Crippen LogP contribution < -0.4 is 0 Å². The molecule has 1 aliphatic carbocycles. The van der Waals surface area contributed by atoms with Crippen LogP contribution in [0.1, 0.15) is 36.8 Å². The van der Waals surface area contributed by atoms with Crippen molar-refractivity contribution in [1.29, 1.82) is 0 Å². The zero-order valence-electron chi connectivity index (χ0n) is 19.4. The third-order valence-electron chi connectivity index (χ3n) is 6.80. The largest absolute Gasteiger partial charge is 0.508 e. The number of aromatic hydroxyl groups is 1. The minimum absolute atomic E-state index is 0.161. The molecule has 174 valence electrons. The number of amides is 2. The smallest absolute Gasteiger partial charge is 0.257 e. The molecule has 0 saturated carbocycles. The van der Waals surface area contributed by atoms with Gasteiger partial charge in [-0.2, -0.15) is 0 Å². The number of benzene rings is 3. The predicted molar refractivity (Wildman–Crippen MR) is 132 cm³/mol. The molecule has 0 fully saturated rings. The van der Waals surface area contributed by atoms with Gasteiger partial charge in [-0.15, -0.1) is 15.0 Å². The molecule has 0 unspecified atom stereocenters. The molecule has 2 aliphatic rings. The van der Waals surface area contributed by atoms with Gasteiger partial charge in [-0.3, -0.25) is 14.5 Å². The van der Waals surface area contributed by atoms with E-state index < -0.39 is 0 Å². The maximum atomic E-state index is 13.2. The summed E-state index contributed by atoms with van der Waals surface area (Å²) in [6.07, 6.45) is 3.23. The minimum atomic E-state index is -0.174. The fourth-order valence-electron chi connectivity index (χ4n) is 5.16. The summed E-state index contributed by atoms with van der Waals surface area (Å²) >= 11 is 0. The lowest BCUT2D eigenvalue weighted by molar-refractivity contribution is -0.138. The van der Waals surface area contributed by atoms with Crippen molar-refractivity contribution in [2.45, 2.75) is 39.2 Å². The van der Waals surface area contributed by atoms with Gasteiger partial charge >= 0.3 is 0 Å². The molecule has 1 N–H and O–H groups in total. The first kappa shape index (κ1) is 21.3. The standard InChI is InChI=1S/C28H24N4O3/c1-17-14-19(16-31-27(34)21-6-2-3-7-22(21)28(31)35)26(18-10-12-20(33)13-11-18)25(15-17)32-29-23-8-4-5-9-24(23)30-32/h4-5,8-15,33H,2-3,6-7,16H2,1H3. The second-order valence-electron chi connectivity index (χ2n) is 9.20. The molecule has 0 saturated heterocycles. The van der Waals surface area contributed by atoms with Gasteiger partial charge in [0.2, 0.25) is 0 Å². The van der Waals surface area contributed by atoms with E-state index in [2.05, 4.69) is 10.2 Å². The van der Waals surface area contributed by atoms with Crippen LogP contribution in [-0.4, -0.2) is 36.8 Å². The van der Waals surface area contributed by atoms with E-state index in [4.69, 9.17) is 0 Å². The summed E-state index contributed by atoms with van der Waals surface area (Å²) in [5.41, 5.74) is 7.11. The first-order valence-corrected chi connectivity index (χ1v) is 11.8. The molecule has 3 aromatic carbocycles. The average Bonchev–Trinajstić information content (AvgIpc) is 3.40. The highest BCUT2D eigenvalue weighted by molar-refractivity contribution is 6.19. The van der Waals surface area contributed by atoms with Gasteiger partial charge in [-0.1, -0.05) is 30.3 Å². The number of carbonyl (C=O) groups is 2. The van der Waals surface area contributed by atoms with Gasteiger partial charge in [0.25, 0.3) is 11.8 Å². The molecule has 0 bridgehead atoms. The van der Waals surface area contributed by atoms with Crippen molar-refractivity contribution in [3.63, 3.8) is 0 Å². The van der Waals surface area contributed by atoms with Crippen LogP contribution in [-0.2, 0) is 16.1 Å². The predicted octanol–water partition coefficient (Wildman–Crippen LogP) is 4.84. The van der Waals surface area contributed by atoms with E-state index in [1.165, 1.54) is 4.90 Å². The molecular weight excluding hydrogens is 440 g/mol. The van der Waals surface area contributed by atoms with Gasteiger partial charge in [0.15, 0.2) is 0 Å². The average molecular weight is 465 g/mol. The van der Waals surface area contributed by atoms with E-state index in [9.17, 15) is 14.7 Å². The summed E-state index contributed by atoms with van der Waals surface area (Å²) in [7, 11) is 0. The number of aromatic nitrogens is 3. The van der Waals surface area contributed by atoms with Crippen LogP contribution in [0.15, 0.2) is 71.8 Å². The summed E-state index contributed by atoms with van der Waals surface area (Å²) in [4.78, 5) is 29.4. The SMILES string of the molecule is Cc1cc(CN2C(=O)C3=C(CCCC3)C2=O)c(-c2ccc(O)cc2)c(-n2nc3ccccc3n2)c1. The fraction of sp³-hybridized carbons (Fsp3) is 0.214. The highest BCUT2D eigenvalue weighted by Crippen LogP contribution is 2.37. The summed E-state index contributed by atoms with van der Waals surface area (Å²) in [6.45, 7) is 2.14. The van der Waals surface area contributed by atoms with Crippen LogP contribution in [0.5, 0.6) is 5.75 Å². The van der Waals surface area contributed by atoms with E-state index in [1.54, 1.807) is 16.9 Å². The van der Waals surface area contributed by atoms with Gasteiger partial charge in [-0.05, 0) is 79.6 Å². The molecule has 6 rings (SSSR count).